The number of pyridine rings is 2. The van der Waals surface area contributed by atoms with Crippen LogP contribution in [-0.4, -0.2) is 70.7 Å². The number of piperidine rings is 1. The predicted octanol–water partition coefficient (Wildman–Crippen LogP) is 3.45. The number of nitrogens with zero attached hydrogens (tertiary/aromatic N) is 4. The van der Waals surface area contributed by atoms with Gasteiger partial charge in [0.15, 0.2) is 6.29 Å². The summed E-state index contributed by atoms with van der Waals surface area (Å²) < 4.78 is 10.6. The minimum absolute atomic E-state index is 0.0933. The molecular formula is C21H29ClN4O4. The van der Waals surface area contributed by atoms with Crippen molar-refractivity contribution < 1.29 is 19.4 Å². The van der Waals surface area contributed by atoms with Crippen molar-refractivity contribution in [2.75, 3.05) is 31.6 Å². The van der Waals surface area contributed by atoms with Gasteiger partial charge in [-0.2, -0.15) is 0 Å². The molecule has 2 aromatic rings. The maximum atomic E-state index is 12.4. The lowest BCUT2D eigenvalue weighted by Crippen LogP contribution is -2.50. The minimum Gasteiger partial charge on any atom is -0.444 e. The summed E-state index contributed by atoms with van der Waals surface area (Å²) in [5.41, 5.74) is 0.212. The summed E-state index contributed by atoms with van der Waals surface area (Å²) in [6.45, 7) is 6.99. The largest absolute Gasteiger partial charge is 0.444 e. The first-order valence-corrected chi connectivity index (χ1v) is 10.4. The zero-order chi connectivity index (χ0) is 21.9. The van der Waals surface area contributed by atoms with Crippen LogP contribution in [0.2, 0.25) is 5.15 Å². The zero-order valence-corrected chi connectivity index (χ0v) is 18.6. The van der Waals surface area contributed by atoms with Gasteiger partial charge in [0.2, 0.25) is 0 Å². The Hall–Kier alpha value is -2.16. The van der Waals surface area contributed by atoms with Crippen LogP contribution in [0.1, 0.15) is 33.6 Å². The van der Waals surface area contributed by atoms with E-state index in [2.05, 4.69) is 4.98 Å². The molecule has 1 atom stereocenters. The van der Waals surface area contributed by atoms with E-state index in [-0.39, 0.29) is 18.7 Å². The molecule has 1 aliphatic heterocycles. The molecule has 2 aromatic heterocycles. The Morgan fingerprint density at radius 1 is 1.37 bits per heavy atom. The number of rotatable bonds is 5. The molecular weight excluding hydrogens is 408 g/mol. The number of aliphatic hydroxyl groups is 1. The van der Waals surface area contributed by atoms with Crippen molar-refractivity contribution in [2.24, 2.45) is 0 Å². The quantitative estimate of drug-likeness (QED) is 0.567. The highest BCUT2D eigenvalue weighted by Gasteiger charge is 2.31. The molecule has 1 saturated heterocycles. The monoisotopic (exact) mass is 436 g/mol. The highest BCUT2D eigenvalue weighted by atomic mass is 35.5. The van der Waals surface area contributed by atoms with E-state index in [4.69, 9.17) is 26.1 Å². The lowest BCUT2D eigenvalue weighted by molar-refractivity contribution is -0.0680. The Kier molecular flexibility index (Phi) is 7.00. The molecule has 8 nitrogen and oxygen atoms in total. The number of ether oxygens (including phenoxy) is 2. The number of aromatic nitrogens is 2. The molecule has 0 radical (unpaired) electrons. The number of amides is 1. The van der Waals surface area contributed by atoms with Gasteiger partial charge in [-0.15, -0.1) is 0 Å². The van der Waals surface area contributed by atoms with Crippen LogP contribution < -0.4 is 4.90 Å². The first kappa shape index (κ1) is 22.5. The van der Waals surface area contributed by atoms with E-state index in [1.54, 1.807) is 17.2 Å². The van der Waals surface area contributed by atoms with Crippen molar-refractivity contribution in [1.29, 1.82) is 0 Å². The molecule has 1 unspecified atom stereocenters. The fraction of sp³-hybridized carbons (Fsp3) is 0.571. The molecule has 1 amide bonds. The molecule has 0 bridgehead atoms. The van der Waals surface area contributed by atoms with E-state index in [9.17, 15) is 9.90 Å². The molecule has 30 heavy (non-hydrogen) atoms. The first-order valence-electron chi connectivity index (χ1n) is 10.0. The Morgan fingerprint density at radius 3 is 2.70 bits per heavy atom. The normalized spacial score (nSPS) is 16.5. The number of carbonyl (C=O) groups excluding carboxylic acids is 1. The summed E-state index contributed by atoms with van der Waals surface area (Å²) in [5.74, 6) is 0.719. The van der Waals surface area contributed by atoms with E-state index in [1.807, 2.05) is 37.8 Å². The van der Waals surface area contributed by atoms with Crippen molar-refractivity contribution in [3.8, 4) is 0 Å². The standard InChI is InChI=1S/C21H29ClN4O4/c1-21(2,3)30-20(28)25-9-7-15(8-10-25)26(13-19(27)29-4)18-6-5-14-12-23-17(22)11-16(14)24-18/h5-6,11-12,15,19,27H,7-10,13H2,1-4H3. The van der Waals surface area contributed by atoms with Gasteiger partial charge in [0.05, 0.1) is 12.1 Å². The smallest absolute Gasteiger partial charge is 0.410 e. The molecule has 9 heteroatoms. The number of halogens is 1. The number of anilines is 1. The molecule has 3 rings (SSSR count). The number of likely N-dealkylation sites (tertiary alicyclic amines) is 1. The average Bonchev–Trinajstić information content (AvgIpc) is 2.70. The van der Waals surface area contributed by atoms with Crippen LogP contribution >= 0.6 is 11.6 Å². The van der Waals surface area contributed by atoms with Gasteiger partial charge in [-0.05, 0) is 45.7 Å². The van der Waals surface area contributed by atoms with E-state index >= 15 is 0 Å². The van der Waals surface area contributed by atoms with Crippen LogP contribution in [0, 0.1) is 0 Å². The molecule has 1 aliphatic rings. The SMILES string of the molecule is COC(O)CN(c1ccc2cnc(Cl)cc2n1)C1CCN(C(=O)OC(C)(C)C)CC1. The number of fused-ring (bicyclic) bond motifs is 1. The second kappa shape index (κ2) is 9.32. The maximum Gasteiger partial charge on any atom is 0.410 e. The summed E-state index contributed by atoms with van der Waals surface area (Å²) in [6, 6.07) is 5.65. The molecule has 3 heterocycles. The van der Waals surface area contributed by atoms with Gasteiger partial charge in [0, 0.05) is 43.9 Å². The van der Waals surface area contributed by atoms with Crippen molar-refractivity contribution >= 4 is 34.4 Å². The maximum absolute atomic E-state index is 12.4. The highest BCUT2D eigenvalue weighted by molar-refractivity contribution is 6.30. The van der Waals surface area contributed by atoms with Crippen molar-refractivity contribution in [1.82, 2.24) is 14.9 Å². The lowest BCUT2D eigenvalue weighted by atomic mass is 10.0. The third kappa shape index (κ3) is 5.71. The number of hydrogen-bond donors (Lipinski definition) is 1. The molecule has 0 aliphatic carbocycles. The van der Waals surface area contributed by atoms with Crippen LogP contribution in [0.4, 0.5) is 10.6 Å². The number of methoxy groups -OCH3 is 1. The lowest BCUT2D eigenvalue weighted by Gasteiger charge is -2.40. The topological polar surface area (TPSA) is 88.0 Å². The third-order valence-electron chi connectivity index (χ3n) is 5.00. The molecule has 0 spiro atoms. The second-order valence-electron chi connectivity index (χ2n) is 8.41. The van der Waals surface area contributed by atoms with Crippen LogP contribution in [0.5, 0.6) is 0 Å². The number of aliphatic hydroxyl groups excluding tert-OH is 1. The van der Waals surface area contributed by atoms with Crippen LogP contribution in [-0.2, 0) is 9.47 Å². The van der Waals surface area contributed by atoms with Gasteiger partial charge in [0.25, 0.3) is 0 Å². The van der Waals surface area contributed by atoms with E-state index < -0.39 is 11.9 Å². The van der Waals surface area contributed by atoms with Gasteiger partial charge in [-0.25, -0.2) is 14.8 Å². The van der Waals surface area contributed by atoms with Crippen LogP contribution in [0.3, 0.4) is 0 Å². The Bertz CT molecular complexity index is 881. The second-order valence-corrected chi connectivity index (χ2v) is 8.80. The fourth-order valence-electron chi connectivity index (χ4n) is 3.50. The Labute approximate surface area is 181 Å². The predicted molar refractivity (Wildman–Crippen MR) is 116 cm³/mol. The number of carbonyl (C=O) groups is 1. The van der Waals surface area contributed by atoms with Crippen LogP contribution in [0.15, 0.2) is 24.4 Å². The first-order chi connectivity index (χ1) is 14.2. The molecule has 0 aromatic carbocycles. The van der Waals surface area contributed by atoms with Gasteiger partial charge in [-0.1, -0.05) is 11.6 Å². The summed E-state index contributed by atoms with van der Waals surface area (Å²) in [5, 5.41) is 11.4. The Balaban J connectivity index is 1.77. The van der Waals surface area contributed by atoms with Gasteiger partial charge < -0.3 is 24.4 Å². The van der Waals surface area contributed by atoms with E-state index in [1.165, 1.54) is 7.11 Å². The molecule has 1 N–H and O–H groups in total. The summed E-state index contributed by atoms with van der Waals surface area (Å²) in [7, 11) is 1.47. The minimum atomic E-state index is -0.951. The van der Waals surface area contributed by atoms with Crippen molar-refractivity contribution in [2.45, 2.75) is 51.5 Å². The van der Waals surface area contributed by atoms with Gasteiger partial charge in [-0.3, -0.25) is 0 Å². The average molecular weight is 437 g/mol. The van der Waals surface area contributed by atoms with Gasteiger partial charge >= 0.3 is 6.09 Å². The highest BCUT2D eigenvalue weighted by Crippen LogP contribution is 2.26. The third-order valence-corrected chi connectivity index (χ3v) is 5.21. The molecule has 0 saturated carbocycles. The van der Waals surface area contributed by atoms with E-state index in [0.29, 0.717) is 18.2 Å². The molecule has 1 fully saturated rings. The van der Waals surface area contributed by atoms with Gasteiger partial charge in [0.1, 0.15) is 16.6 Å². The summed E-state index contributed by atoms with van der Waals surface area (Å²) in [4.78, 5) is 24.9. The van der Waals surface area contributed by atoms with Crippen molar-refractivity contribution in [3.63, 3.8) is 0 Å². The number of hydrogen-bond acceptors (Lipinski definition) is 7. The summed E-state index contributed by atoms with van der Waals surface area (Å²) >= 11 is 6.02. The Morgan fingerprint density at radius 2 is 2.07 bits per heavy atom. The van der Waals surface area contributed by atoms with Crippen LogP contribution in [0.25, 0.3) is 10.9 Å². The fourth-order valence-corrected chi connectivity index (χ4v) is 3.65. The van der Waals surface area contributed by atoms with E-state index in [0.717, 1.165) is 29.6 Å². The zero-order valence-electron chi connectivity index (χ0n) is 17.8. The molecule has 164 valence electrons. The van der Waals surface area contributed by atoms with Crippen molar-refractivity contribution in [3.05, 3.63) is 29.5 Å². The summed E-state index contributed by atoms with van der Waals surface area (Å²) in [6.07, 6.45) is 1.89.